The molecule has 20 heavy (non-hydrogen) atoms. The van der Waals surface area contributed by atoms with E-state index in [1.54, 1.807) is 24.4 Å². The maximum Gasteiger partial charge on any atom is 0.343 e. The lowest BCUT2D eigenvalue weighted by molar-refractivity contribution is 0.0589. The topological polar surface area (TPSA) is 48.4 Å². The van der Waals surface area contributed by atoms with E-state index >= 15 is 0 Å². The van der Waals surface area contributed by atoms with Crippen LogP contribution in [0.2, 0.25) is 0 Å². The van der Waals surface area contributed by atoms with Crippen LogP contribution in [0.3, 0.4) is 0 Å². The van der Waals surface area contributed by atoms with Gasteiger partial charge in [-0.3, -0.25) is 4.98 Å². The standard InChI is InChI=1S/C14H11F2NO3/c1-19-14(18)13-11(15)6-10(7-12(13)16)20-8-9-4-2-3-5-17-9/h2-7H,8H2,1H3. The van der Waals surface area contributed by atoms with Crippen molar-refractivity contribution in [3.05, 3.63) is 59.4 Å². The zero-order valence-electron chi connectivity index (χ0n) is 10.6. The Morgan fingerprint density at radius 3 is 2.50 bits per heavy atom. The summed E-state index contributed by atoms with van der Waals surface area (Å²) in [5.41, 5.74) is -0.122. The molecule has 0 aliphatic rings. The van der Waals surface area contributed by atoms with Crippen molar-refractivity contribution in [2.24, 2.45) is 0 Å². The number of esters is 1. The molecule has 0 saturated heterocycles. The van der Waals surface area contributed by atoms with Crippen LogP contribution in [0.15, 0.2) is 36.5 Å². The van der Waals surface area contributed by atoms with E-state index in [0.29, 0.717) is 5.69 Å². The largest absolute Gasteiger partial charge is 0.487 e. The second-order valence-corrected chi connectivity index (χ2v) is 3.86. The second-order valence-electron chi connectivity index (χ2n) is 3.86. The summed E-state index contributed by atoms with van der Waals surface area (Å²) in [6.07, 6.45) is 1.58. The van der Waals surface area contributed by atoms with Crippen LogP contribution < -0.4 is 4.74 Å². The molecule has 0 aliphatic carbocycles. The first-order chi connectivity index (χ1) is 9.61. The van der Waals surface area contributed by atoms with Crippen LogP contribution in [0, 0.1) is 11.6 Å². The number of pyridine rings is 1. The molecule has 0 N–H and O–H groups in total. The first kappa shape index (κ1) is 13.9. The molecule has 0 fully saturated rings. The Labute approximate surface area is 114 Å². The summed E-state index contributed by atoms with van der Waals surface area (Å²) in [6, 6.07) is 7.09. The normalized spacial score (nSPS) is 10.2. The Bertz CT molecular complexity index is 594. The van der Waals surface area contributed by atoms with Crippen LogP contribution >= 0.6 is 0 Å². The fourth-order valence-electron chi connectivity index (χ4n) is 1.57. The second kappa shape index (κ2) is 6.10. The molecule has 0 aliphatic heterocycles. The summed E-state index contributed by atoms with van der Waals surface area (Å²) in [7, 11) is 1.05. The third-order valence-corrected chi connectivity index (χ3v) is 2.52. The number of hydrogen-bond acceptors (Lipinski definition) is 4. The van der Waals surface area contributed by atoms with Gasteiger partial charge in [0.25, 0.3) is 0 Å². The van der Waals surface area contributed by atoms with Crippen molar-refractivity contribution in [1.29, 1.82) is 0 Å². The van der Waals surface area contributed by atoms with Gasteiger partial charge in [-0.15, -0.1) is 0 Å². The molecule has 2 rings (SSSR count). The molecule has 0 bridgehead atoms. The van der Waals surface area contributed by atoms with Gasteiger partial charge in [-0.05, 0) is 12.1 Å². The van der Waals surface area contributed by atoms with Crippen LogP contribution in [0.5, 0.6) is 5.75 Å². The number of hydrogen-bond donors (Lipinski definition) is 0. The maximum atomic E-state index is 13.6. The highest BCUT2D eigenvalue weighted by molar-refractivity contribution is 5.90. The van der Waals surface area contributed by atoms with E-state index in [1.807, 2.05) is 0 Å². The molecule has 0 radical (unpaired) electrons. The van der Waals surface area contributed by atoms with E-state index in [-0.39, 0.29) is 12.4 Å². The Balaban J connectivity index is 2.16. The lowest BCUT2D eigenvalue weighted by atomic mass is 10.2. The summed E-state index contributed by atoms with van der Waals surface area (Å²) in [4.78, 5) is 15.2. The van der Waals surface area contributed by atoms with E-state index in [2.05, 4.69) is 9.72 Å². The summed E-state index contributed by atoms with van der Waals surface area (Å²) in [6.45, 7) is 0.0668. The van der Waals surface area contributed by atoms with Gasteiger partial charge in [-0.1, -0.05) is 6.07 Å². The Morgan fingerprint density at radius 2 is 1.95 bits per heavy atom. The first-order valence-electron chi connectivity index (χ1n) is 5.72. The number of rotatable bonds is 4. The number of ether oxygens (including phenoxy) is 2. The van der Waals surface area contributed by atoms with Crippen molar-refractivity contribution in [3.8, 4) is 5.75 Å². The third kappa shape index (κ3) is 3.09. The molecule has 0 saturated carbocycles. The summed E-state index contributed by atoms with van der Waals surface area (Å²) in [5, 5.41) is 0. The molecular weight excluding hydrogens is 268 g/mol. The molecule has 0 unspecified atom stereocenters. The first-order valence-corrected chi connectivity index (χ1v) is 5.72. The number of nitrogens with zero attached hydrogens (tertiary/aromatic N) is 1. The zero-order chi connectivity index (χ0) is 14.5. The minimum Gasteiger partial charge on any atom is -0.487 e. The number of aromatic nitrogens is 1. The van der Waals surface area contributed by atoms with Crippen molar-refractivity contribution >= 4 is 5.97 Å². The van der Waals surface area contributed by atoms with Crippen molar-refractivity contribution in [3.63, 3.8) is 0 Å². The predicted octanol–water partition coefficient (Wildman–Crippen LogP) is 2.73. The average Bonchev–Trinajstić information content (AvgIpc) is 2.45. The summed E-state index contributed by atoms with van der Waals surface area (Å²) in [5.74, 6) is -3.17. The molecular formula is C14H11F2NO3. The fourth-order valence-corrected chi connectivity index (χ4v) is 1.57. The van der Waals surface area contributed by atoms with Gasteiger partial charge in [0.05, 0.1) is 12.8 Å². The molecule has 1 heterocycles. The number of halogens is 2. The minimum atomic E-state index is -1.07. The van der Waals surface area contributed by atoms with Crippen LogP contribution in [-0.4, -0.2) is 18.1 Å². The molecule has 1 aromatic heterocycles. The Hall–Kier alpha value is -2.50. The van der Waals surface area contributed by atoms with E-state index in [4.69, 9.17) is 4.74 Å². The summed E-state index contributed by atoms with van der Waals surface area (Å²) < 4.78 is 36.8. The Morgan fingerprint density at radius 1 is 1.25 bits per heavy atom. The zero-order valence-corrected chi connectivity index (χ0v) is 10.6. The molecule has 0 amide bonds. The molecule has 1 aromatic carbocycles. The van der Waals surface area contributed by atoms with E-state index in [0.717, 1.165) is 19.2 Å². The van der Waals surface area contributed by atoms with Gasteiger partial charge in [-0.25, -0.2) is 13.6 Å². The lowest BCUT2D eigenvalue weighted by Gasteiger charge is -2.08. The SMILES string of the molecule is COC(=O)c1c(F)cc(OCc2ccccn2)cc1F. The van der Waals surface area contributed by atoms with Crippen molar-refractivity contribution in [2.75, 3.05) is 7.11 Å². The monoisotopic (exact) mass is 279 g/mol. The highest BCUT2D eigenvalue weighted by Crippen LogP contribution is 2.22. The smallest absolute Gasteiger partial charge is 0.343 e. The molecule has 0 atom stereocenters. The molecule has 4 nitrogen and oxygen atoms in total. The maximum absolute atomic E-state index is 13.6. The number of carbonyl (C=O) groups is 1. The van der Waals surface area contributed by atoms with E-state index in [1.165, 1.54) is 0 Å². The quantitative estimate of drug-likeness (QED) is 0.807. The third-order valence-electron chi connectivity index (χ3n) is 2.52. The minimum absolute atomic E-state index is 0.0293. The van der Waals surface area contributed by atoms with Gasteiger partial charge in [0.2, 0.25) is 0 Å². The highest BCUT2D eigenvalue weighted by atomic mass is 19.1. The van der Waals surface area contributed by atoms with Gasteiger partial charge < -0.3 is 9.47 Å². The molecule has 6 heteroatoms. The molecule has 0 spiro atoms. The predicted molar refractivity (Wildman–Crippen MR) is 66.3 cm³/mol. The lowest BCUT2D eigenvalue weighted by Crippen LogP contribution is -2.08. The van der Waals surface area contributed by atoms with Gasteiger partial charge in [0, 0.05) is 18.3 Å². The number of carbonyl (C=O) groups excluding carboxylic acids is 1. The van der Waals surface area contributed by atoms with Gasteiger partial charge in [-0.2, -0.15) is 0 Å². The average molecular weight is 279 g/mol. The van der Waals surface area contributed by atoms with Crippen molar-refractivity contribution in [2.45, 2.75) is 6.61 Å². The van der Waals surface area contributed by atoms with Crippen LogP contribution in [-0.2, 0) is 11.3 Å². The van der Waals surface area contributed by atoms with Crippen molar-refractivity contribution in [1.82, 2.24) is 4.98 Å². The highest BCUT2D eigenvalue weighted by Gasteiger charge is 2.19. The molecule has 2 aromatic rings. The summed E-state index contributed by atoms with van der Waals surface area (Å²) >= 11 is 0. The van der Waals surface area contributed by atoms with Crippen LogP contribution in [0.1, 0.15) is 16.1 Å². The van der Waals surface area contributed by atoms with Crippen LogP contribution in [0.4, 0.5) is 8.78 Å². The van der Waals surface area contributed by atoms with Gasteiger partial charge in [0.1, 0.15) is 29.6 Å². The van der Waals surface area contributed by atoms with Crippen molar-refractivity contribution < 1.29 is 23.0 Å². The number of benzene rings is 1. The fraction of sp³-hybridized carbons (Fsp3) is 0.143. The van der Waals surface area contributed by atoms with E-state index < -0.39 is 23.2 Å². The molecule has 104 valence electrons. The van der Waals surface area contributed by atoms with E-state index in [9.17, 15) is 13.6 Å². The Kier molecular flexibility index (Phi) is 4.24. The number of methoxy groups -OCH3 is 1. The van der Waals surface area contributed by atoms with Crippen LogP contribution in [0.25, 0.3) is 0 Å². The van der Waals surface area contributed by atoms with Gasteiger partial charge >= 0.3 is 5.97 Å². The van der Waals surface area contributed by atoms with Gasteiger partial charge in [0.15, 0.2) is 0 Å².